The Bertz CT molecular complexity index is 827. The lowest BCUT2D eigenvalue weighted by molar-refractivity contribution is -0.128. The SMILES string of the molecule is CC(C)n1nnnc1SCC(=O)N(C)C(c1ccccc1)c1ccccc1. The summed E-state index contributed by atoms with van der Waals surface area (Å²) in [5.74, 6) is 0.302. The summed E-state index contributed by atoms with van der Waals surface area (Å²) in [6.45, 7) is 4.02. The van der Waals surface area contributed by atoms with Crippen LogP contribution in [0.1, 0.15) is 37.1 Å². The number of rotatable bonds is 7. The standard InChI is InChI=1S/C20H23N5OS/c1-15(2)25-20(21-22-23-25)27-14-18(26)24(3)19(16-10-6-4-7-11-16)17-12-8-5-9-13-17/h4-13,15,19H,14H2,1-3H3. The zero-order valence-corrected chi connectivity index (χ0v) is 16.5. The minimum Gasteiger partial charge on any atom is -0.334 e. The van der Waals surface area contributed by atoms with Gasteiger partial charge in [-0.3, -0.25) is 4.79 Å². The third kappa shape index (κ3) is 4.54. The summed E-state index contributed by atoms with van der Waals surface area (Å²) in [5.41, 5.74) is 2.16. The average Bonchev–Trinajstić information content (AvgIpc) is 3.17. The number of carbonyl (C=O) groups is 1. The lowest BCUT2D eigenvalue weighted by Gasteiger charge is -2.29. The third-order valence-electron chi connectivity index (χ3n) is 4.29. The number of hydrogen-bond acceptors (Lipinski definition) is 5. The second kappa shape index (κ2) is 8.81. The molecule has 0 saturated heterocycles. The van der Waals surface area contributed by atoms with Crippen molar-refractivity contribution in [2.24, 2.45) is 0 Å². The molecule has 2 aromatic carbocycles. The summed E-state index contributed by atoms with van der Waals surface area (Å²) in [6.07, 6.45) is 0. The van der Waals surface area contributed by atoms with Crippen LogP contribution in [0.25, 0.3) is 0 Å². The van der Waals surface area contributed by atoms with Crippen LogP contribution in [0.5, 0.6) is 0 Å². The van der Waals surface area contributed by atoms with Crippen molar-refractivity contribution in [2.45, 2.75) is 31.1 Å². The van der Waals surface area contributed by atoms with E-state index in [4.69, 9.17) is 0 Å². The van der Waals surface area contributed by atoms with Gasteiger partial charge in [0.05, 0.1) is 17.8 Å². The Kier molecular flexibility index (Phi) is 6.24. The van der Waals surface area contributed by atoms with Crippen molar-refractivity contribution < 1.29 is 4.79 Å². The average molecular weight is 382 g/mol. The first-order valence-corrected chi connectivity index (χ1v) is 9.82. The van der Waals surface area contributed by atoms with Gasteiger partial charge in [-0.15, -0.1) is 5.10 Å². The highest BCUT2D eigenvalue weighted by atomic mass is 32.2. The normalized spacial score (nSPS) is 11.1. The van der Waals surface area contributed by atoms with Crippen LogP contribution in [-0.4, -0.2) is 43.8 Å². The Morgan fingerprint density at radius 3 is 2.11 bits per heavy atom. The van der Waals surface area contributed by atoms with Crippen molar-refractivity contribution in [3.63, 3.8) is 0 Å². The largest absolute Gasteiger partial charge is 0.334 e. The Labute approximate surface area is 163 Å². The van der Waals surface area contributed by atoms with Crippen molar-refractivity contribution in [2.75, 3.05) is 12.8 Å². The third-order valence-corrected chi connectivity index (χ3v) is 5.21. The minimum atomic E-state index is -0.137. The first-order valence-electron chi connectivity index (χ1n) is 8.84. The molecule has 27 heavy (non-hydrogen) atoms. The van der Waals surface area contributed by atoms with Gasteiger partial charge in [0.25, 0.3) is 0 Å². The van der Waals surface area contributed by atoms with E-state index in [0.29, 0.717) is 5.16 Å². The molecule has 3 rings (SSSR count). The van der Waals surface area contributed by atoms with Gasteiger partial charge >= 0.3 is 0 Å². The molecule has 7 heteroatoms. The summed E-state index contributed by atoms with van der Waals surface area (Å²) in [5, 5.41) is 12.4. The maximum atomic E-state index is 12.9. The number of aromatic nitrogens is 4. The predicted octanol–water partition coefficient (Wildman–Crippen LogP) is 3.59. The molecule has 0 N–H and O–H groups in total. The van der Waals surface area contributed by atoms with Crippen molar-refractivity contribution in [1.29, 1.82) is 0 Å². The zero-order chi connectivity index (χ0) is 19.2. The van der Waals surface area contributed by atoms with Gasteiger partial charge in [0.2, 0.25) is 11.1 Å². The Morgan fingerprint density at radius 2 is 1.59 bits per heavy atom. The summed E-state index contributed by atoms with van der Waals surface area (Å²) < 4.78 is 1.73. The van der Waals surface area contributed by atoms with Gasteiger partial charge in [0, 0.05) is 7.05 Å². The molecule has 0 radical (unpaired) electrons. The molecule has 0 atom stereocenters. The fraction of sp³-hybridized carbons (Fsp3) is 0.300. The molecule has 0 unspecified atom stereocenters. The van der Waals surface area contributed by atoms with Gasteiger partial charge in [0.1, 0.15) is 0 Å². The van der Waals surface area contributed by atoms with Crippen molar-refractivity contribution in [3.05, 3.63) is 71.8 Å². The van der Waals surface area contributed by atoms with Crippen molar-refractivity contribution >= 4 is 17.7 Å². The molecule has 0 aliphatic rings. The van der Waals surface area contributed by atoms with Gasteiger partial charge in [-0.2, -0.15) is 0 Å². The van der Waals surface area contributed by atoms with Gasteiger partial charge in [-0.05, 0) is 35.4 Å². The van der Waals surface area contributed by atoms with Crippen molar-refractivity contribution in [3.8, 4) is 0 Å². The fourth-order valence-electron chi connectivity index (χ4n) is 2.89. The van der Waals surface area contributed by atoms with E-state index in [0.717, 1.165) is 11.1 Å². The summed E-state index contributed by atoms with van der Waals surface area (Å²) in [6, 6.07) is 20.2. The van der Waals surface area contributed by atoms with E-state index in [1.54, 1.807) is 9.58 Å². The van der Waals surface area contributed by atoms with Gasteiger partial charge < -0.3 is 4.90 Å². The van der Waals surface area contributed by atoms with E-state index in [9.17, 15) is 4.79 Å². The van der Waals surface area contributed by atoms with E-state index in [1.165, 1.54) is 11.8 Å². The number of benzene rings is 2. The van der Waals surface area contributed by atoms with Crippen LogP contribution in [0.3, 0.4) is 0 Å². The molecule has 0 saturated carbocycles. The predicted molar refractivity (Wildman–Crippen MR) is 106 cm³/mol. The van der Waals surface area contributed by atoms with Gasteiger partial charge in [-0.1, -0.05) is 72.4 Å². The van der Waals surface area contributed by atoms with E-state index >= 15 is 0 Å². The van der Waals surface area contributed by atoms with Crippen LogP contribution in [0, 0.1) is 0 Å². The van der Waals surface area contributed by atoms with Crippen molar-refractivity contribution in [1.82, 2.24) is 25.1 Å². The lowest BCUT2D eigenvalue weighted by Crippen LogP contribution is -2.33. The molecule has 1 heterocycles. The summed E-state index contributed by atoms with van der Waals surface area (Å²) in [4.78, 5) is 14.7. The highest BCUT2D eigenvalue weighted by molar-refractivity contribution is 7.99. The fourth-order valence-corrected chi connectivity index (χ4v) is 3.82. The molecule has 3 aromatic rings. The topological polar surface area (TPSA) is 63.9 Å². The molecule has 6 nitrogen and oxygen atoms in total. The minimum absolute atomic E-state index is 0.0241. The highest BCUT2D eigenvalue weighted by Crippen LogP contribution is 2.28. The molecule has 0 aliphatic heterocycles. The van der Waals surface area contributed by atoms with Crippen LogP contribution in [0.2, 0.25) is 0 Å². The molecular weight excluding hydrogens is 358 g/mol. The molecule has 1 aromatic heterocycles. The van der Waals surface area contributed by atoms with Gasteiger partial charge in [0.15, 0.2) is 0 Å². The number of tetrazole rings is 1. The molecule has 1 amide bonds. The first-order chi connectivity index (χ1) is 13.1. The molecular formula is C20H23N5OS. The number of amides is 1. The second-order valence-electron chi connectivity index (χ2n) is 6.52. The Hall–Kier alpha value is -2.67. The lowest BCUT2D eigenvalue weighted by atomic mass is 9.97. The van der Waals surface area contributed by atoms with Crippen LogP contribution in [0.15, 0.2) is 65.8 Å². The molecule has 0 spiro atoms. The zero-order valence-electron chi connectivity index (χ0n) is 15.7. The van der Waals surface area contributed by atoms with Crippen LogP contribution < -0.4 is 0 Å². The molecule has 0 bridgehead atoms. The number of hydrogen-bond donors (Lipinski definition) is 0. The van der Waals surface area contributed by atoms with Crippen LogP contribution in [0.4, 0.5) is 0 Å². The summed E-state index contributed by atoms with van der Waals surface area (Å²) in [7, 11) is 1.85. The van der Waals surface area contributed by atoms with E-state index in [-0.39, 0.29) is 23.7 Å². The molecule has 0 fully saturated rings. The van der Waals surface area contributed by atoms with Gasteiger partial charge in [-0.25, -0.2) is 4.68 Å². The van der Waals surface area contributed by atoms with Crippen LogP contribution in [-0.2, 0) is 4.79 Å². The van der Waals surface area contributed by atoms with Crippen LogP contribution >= 0.6 is 11.8 Å². The maximum absolute atomic E-state index is 12.9. The number of thioether (sulfide) groups is 1. The molecule has 0 aliphatic carbocycles. The second-order valence-corrected chi connectivity index (χ2v) is 7.46. The Morgan fingerprint density at radius 1 is 1.04 bits per heavy atom. The summed E-state index contributed by atoms with van der Waals surface area (Å²) >= 11 is 1.36. The maximum Gasteiger partial charge on any atom is 0.233 e. The Balaban J connectivity index is 1.78. The molecule has 140 valence electrons. The van der Waals surface area contributed by atoms with E-state index < -0.39 is 0 Å². The highest BCUT2D eigenvalue weighted by Gasteiger charge is 2.24. The number of carbonyl (C=O) groups excluding carboxylic acids is 1. The number of nitrogens with zero attached hydrogens (tertiary/aromatic N) is 5. The smallest absolute Gasteiger partial charge is 0.233 e. The van der Waals surface area contributed by atoms with E-state index in [1.807, 2.05) is 81.6 Å². The monoisotopic (exact) mass is 381 g/mol. The van der Waals surface area contributed by atoms with E-state index in [2.05, 4.69) is 15.5 Å². The quantitative estimate of drug-likeness (QED) is 0.585. The first kappa shape index (κ1) is 19.1.